The van der Waals surface area contributed by atoms with Crippen LogP contribution in [0.1, 0.15) is 31.8 Å². The number of hydrogen-bond acceptors (Lipinski definition) is 5. The summed E-state index contributed by atoms with van der Waals surface area (Å²) in [6.07, 6.45) is 3.16. The quantitative estimate of drug-likeness (QED) is 0.148. The Balaban J connectivity index is 1.64. The summed E-state index contributed by atoms with van der Waals surface area (Å²) in [6, 6.07) is 19.2. The van der Waals surface area contributed by atoms with E-state index in [0.717, 1.165) is 17.2 Å². The lowest BCUT2D eigenvalue weighted by Crippen LogP contribution is -2.08. The Morgan fingerprint density at radius 2 is 1.62 bits per heavy atom. The molecule has 0 amide bonds. The molecule has 0 saturated carbocycles. The molecule has 3 aromatic carbocycles. The van der Waals surface area contributed by atoms with Crippen molar-refractivity contribution in [3.63, 3.8) is 0 Å². The van der Waals surface area contributed by atoms with Crippen LogP contribution in [0.25, 0.3) is 6.08 Å². The Bertz CT molecular complexity index is 1080. The minimum Gasteiger partial charge on any atom is -0.423 e. The number of ether oxygens (including phenoxy) is 1. The molecule has 29 heavy (non-hydrogen) atoms. The number of non-ortho nitro benzene ring substituents is 1. The van der Waals surface area contributed by atoms with Crippen LogP contribution in [0.3, 0.4) is 0 Å². The lowest BCUT2D eigenvalue weighted by Gasteiger charge is -2.04. The Morgan fingerprint density at radius 1 is 0.931 bits per heavy atom. The maximum atomic E-state index is 12.2. The molecule has 0 bridgehead atoms. The van der Waals surface area contributed by atoms with Gasteiger partial charge in [0, 0.05) is 17.7 Å². The second kappa shape index (κ2) is 8.75. The predicted molar refractivity (Wildman–Crippen MR) is 109 cm³/mol. The normalized spacial score (nSPS) is 10.7. The lowest BCUT2D eigenvalue weighted by molar-refractivity contribution is -0.384. The van der Waals surface area contributed by atoms with Crippen LogP contribution in [0.4, 0.5) is 5.69 Å². The third-order valence-corrected chi connectivity index (χ3v) is 4.15. The summed E-state index contributed by atoms with van der Waals surface area (Å²) in [5, 5.41) is 10.8. The van der Waals surface area contributed by atoms with Gasteiger partial charge in [-0.1, -0.05) is 54.1 Å². The number of benzene rings is 3. The Morgan fingerprint density at radius 3 is 2.28 bits per heavy atom. The van der Waals surface area contributed by atoms with Crippen molar-refractivity contribution >= 4 is 23.5 Å². The molecule has 0 aliphatic heterocycles. The molecule has 0 fully saturated rings. The Labute approximate surface area is 167 Å². The summed E-state index contributed by atoms with van der Waals surface area (Å²) in [5.74, 6) is -0.499. The minimum absolute atomic E-state index is 0.0897. The molecule has 0 N–H and O–H groups in total. The largest absolute Gasteiger partial charge is 0.423 e. The number of esters is 1. The number of nitro groups is 1. The average Bonchev–Trinajstić information content (AvgIpc) is 2.73. The second-order valence-electron chi connectivity index (χ2n) is 6.33. The van der Waals surface area contributed by atoms with Gasteiger partial charge in [0.25, 0.3) is 5.69 Å². The van der Waals surface area contributed by atoms with Crippen LogP contribution in [-0.2, 0) is 0 Å². The monoisotopic (exact) mass is 387 g/mol. The number of allylic oxidation sites excluding steroid dienone is 1. The first-order chi connectivity index (χ1) is 13.9. The zero-order chi connectivity index (χ0) is 20.8. The van der Waals surface area contributed by atoms with Gasteiger partial charge in [-0.25, -0.2) is 4.79 Å². The number of rotatable bonds is 6. The highest BCUT2D eigenvalue weighted by molar-refractivity contribution is 6.06. The van der Waals surface area contributed by atoms with E-state index in [1.807, 2.05) is 19.1 Å². The Kier molecular flexibility index (Phi) is 5.94. The van der Waals surface area contributed by atoms with E-state index in [4.69, 9.17) is 4.74 Å². The van der Waals surface area contributed by atoms with E-state index < -0.39 is 10.9 Å². The molecular weight excluding hydrogens is 370 g/mol. The third kappa shape index (κ3) is 5.23. The third-order valence-electron chi connectivity index (χ3n) is 4.15. The van der Waals surface area contributed by atoms with Crippen LogP contribution in [-0.4, -0.2) is 16.7 Å². The van der Waals surface area contributed by atoms with Crippen LogP contribution in [0.5, 0.6) is 5.75 Å². The zero-order valence-corrected chi connectivity index (χ0v) is 15.6. The zero-order valence-electron chi connectivity index (χ0n) is 15.6. The van der Waals surface area contributed by atoms with Crippen LogP contribution in [0.2, 0.25) is 0 Å². The number of nitro benzene ring substituents is 1. The SMILES string of the molecule is Cc1ccc(C(=O)/C=C/c2ccc(OC(=O)c3cccc([N+](=O)[O-])c3)cc2)cc1. The number of carbonyl (C=O) groups is 2. The van der Waals surface area contributed by atoms with Crippen LogP contribution in [0.15, 0.2) is 78.9 Å². The molecule has 0 aromatic heterocycles. The molecule has 0 unspecified atom stereocenters. The van der Waals surface area contributed by atoms with Gasteiger partial charge in [-0.2, -0.15) is 0 Å². The van der Waals surface area contributed by atoms with Crippen LogP contribution in [0, 0.1) is 17.0 Å². The topological polar surface area (TPSA) is 86.5 Å². The van der Waals surface area contributed by atoms with Gasteiger partial charge in [-0.15, -0.1) is 0 Å². The van der Waals surface area contributed by atoms with Gasteiger partial charge in [-0.05, 0) is 36.8 Å². The van der Waals surface area contributed by atoms with E-state index in [2.05, 4.69) is 0 Å². The van der Waals surface area contributed by atoms with Gasteiger partial charge in [0.15, 0.2) is 5.78 Å². The lowest BCUT2D eigenvalue weighted by atomic mass is 10.1. The van der Waals surface area contributed by atoms with Crippen LogP contribution < -0.4 is 4.74 Å². The van der Waals surface area contributed by atoms with E-state index in [-0.39, 0.29) is 17.0 Å². The molecule has 0 radical (unpaired) electrons. The molecule has 0 spiro atoms. The van der Waals surface area contributed by atoms with E-state index in [0.29, 0.717) is 11.3 Å². The fourth-order valence-electron chi connectivity index (χ4n) is 2.55. The fourth-order valence-corrected chi connectivity index (χ4v) is 2.55. The summed E-state index contributed by atoms with van der Waals surface area (Å²) in [7, 11) is 0. The number of hydrogen-bond donors (Lipinski definition) is 0. The molecule has 6 heteroatoms. The van der Waals surface area contributed by atoms with E-state index in [1.54, 1.807) is 42.5 Å². The van der Waals surface area contributed by atoms with Gasteiger partial charge in [0.1, 0.15) is 5.75 Å². The molecule has 0 atom stereocenters. The highest BCUT2D eigenvalue weighted by Crippen LogP contribution is 2.18. The van der Waals surface area contributed by atoms with Crippen molar-refractivity contribution in [2.45, 2.75) is 6.92 Å². The number of carbonyl (C=O) groups excluding carboxylic acids is 2. The van der Waals surface area contributed by atoms with Crippen LogP contribution >= 0.6 is 0 Å². The molecule has 0 aliphatic rings. The molecule has 144 valence electrons. The molecule has 6 nitrogen and oxygen atoms in total. The van der Waals surface area contributed by atoms with Gasteiger partial charge < -0.3 is 4.74 Å². The highest BCUT2D eigenvalue weighted by Gasteiger charge is 2.13. The Hall–Kier alpha value is -4.06. The first-order valence-electron chi connectivity index (χ1n) is 8.78. The molecule has 0 saturated heterocycles. The fraction of sp³-hybridized carbons (Fsp3) is 0.0435. The summed E-state index contributed by atoms with van der Waals surface area (Å²) in [4.78, 5) is 34.6. The first kappa shape index (κ1) is 19.7. The van der Waals surface area contributed by atoms with Crippen molar-refractivity contribution in [1.82, 2.24) is 0 Å². The molecule has 3 rings (SSSR count). The molecule has 3 aromatic rings. The summed E-state index contributed by atoms with van der Waals surface area (Å²) >= 11 is 0. The molecular formula is C23H17NO5. The average molecular weight is 387 g/mol. The van der Waals surface area contributed by atoms with E-state index in [1.165, 1.54) is 24.3 Å². The van der Waals surface area contributed by atoms with Crippen molar-refractivity contribution in [1.29, 1.82) is 0 Å². The summed E-state index contributed by atoms with van der Waals surface area (Å²) in [6.45, 7) is 1.96. The maximum absolute atomic E-state index is 12.2. The standard InChI is InChI=1S/C23H17NO5/c1-16-5-10-18(11-6-16)22(25)14-9-17-7-12-21(13-8-17)29-23(26)19-3-2-4-20(15-19)24(27)28/h2-15H,1H3/b14-9+. The van der Waals surface area contributed by atoms with Crippen molar-refractivity contribution in [3.8, 4) is 5.75 Å². The van der Waals surface area contributed by atoms with Crippen molar-refractivity contribution in [2.75, 3.05) is 0 Å². The maximum Gasteiger partial charge on any atom is 0.343 e. The van der Waals surface area contributed by atoms with Gasteiger partial charge >= 0.3 is 5.97 Å². The van der Waals surface area contributed by atoms with E-state index >= 15 is 0 Å². The highest BCUT2D eigenvalue weighted by atomic mass is 16.6. The second-order valence-corrected chi connectivity index (χ2v) is 6.33. The van der Waals surface area contributed by atoms with Gasteiger partial charge in [-0.3, -0.25) is 14.9 Å². The summed E-state index contributed by atoms with van der Waals surface area (Å²) < 4.78 is 5.24. The minimum atomic E-state index is -0.688. The number of aryl methyl sites for hydroxylation is 1. The molecule has 0 aliphatic carbocycles. The van der Waals surface area contributed by atoms with Crippen molar-refractivity contribution in [2.24, 2.45) is 0 Å². The van der Waals surface area contributed by atoms with Gasteiger partial charge in [0.05, 0.1) is 10.5 Å². The van der Waals surface area contributed by atoms with Gasteiger partial charge in [0.2, 0.25) is 0 Å². The smallest absolute Gasteiger partial charge is 0.343 e. The van der Waals surface area contributed by atoms with E-state index in [9.17, 15) is 19.7 Å². The summed E-state index contributed by atoms with van der Waals surface area (Å²) in [5.41, 5.74) is 2.36. The predicted octanol–water partition coefficient (Wildman–Crippen LogP) is 5.02. The number of nitrogens with zero attached hydrogens (tertiary/aromatic N) is 1. The van der Waals surface area contributed by atoms with Crippen molar-refractivity contribution < 1.29 is 19.2 Å². The number of ketones is 1. The van der Waals surface area contributed by atoms with Crippen molar-refractivity contribution in [3.05, 3.63) is 111 Å². The molecule has 0 heterocycles. The first-order valence-corrected chi connectivity index (χ1v) is 8.78.